The molecular weight excluding hydrogens is 220 g/mol. The van der Waals surface area contributed by atoms with E-state index in [0.29, 0.717) is 4.47 Å². The summed E-state index contributed by atoms with van der Waals surface area (Å²) >= 11 is 3.12. The van der Waals surface area contributed by atoms with Gasteiger partial charge < -0.3 is 4.57 Å². The Morgan fingerprint density at radius 2 is 2.42 bits per heavy atom. The van der Waals surface area contributed by atoms with Gasteiger partial charge in [-0.25, -0.2) is 0 Å². The van der Waals surface area contributed by atoms with E-state index in [2.05, 4.69) is 15.9 Å². The molecule has 1 aromatic rings. The average Bonchev–Trinajstić information content (AvgIpc) is 2.00. The monoisotopic (exact) mass is 226 g/mol. The summed E-state index contributed by atoms with van der Waals surface area (Å²) in [4.78, 5) is 11.3. The maximum absolute atomic E-state index is 11.3. The van der Waals surface area contributed by atoms with E-state index in [0.717, 1.165) is 5.56 Å². The van der Waals surface area contributed by atoms with E-state index in [4.69, 9.17) is 5.26 Å². The van der Waals surface area contributed by atoms with Gasteiger partial charge in [0.15, 0.2) is 0 Å². The van der Waals surface area contributed by atoms with Crippen molar-refractivity contribution in [3.8, 4) is 6.07 Å². The zero-order valence-electron chi connectivity index (χ0n) is 6.54. The summed E-state index contributed by atoms with van der Waals surface area (Å²) in [7, 11) is 0. The van der Waals surface area contributed by atoms with Crippen molar-refractivity contribution in [2.75, 3.05) is 0 Å². The van der Waals surface area contributed by atoms with Crippen molar-refractivity contribution in [2.24, 2.45) is 0 Å². The molecule has 1 heterocycles. The second kappa shape index (κ2) is 3.55. The molecule has 0 amide bonds. The largest absolute Gasteiger partial charge is 0.300 e. The Morgan fingerprint density at radius 3 is 3.00 bits per heavy atom. The van der Waals surface area contributed by atoms with Gasteiger partial charge in [0.2, 0.25) is 0 Å². The maximum atomic E-state index is 11.3. The summed E-state index contributed by atoms with van der Waals surface area (Å²) < 4.78 is 1.87. The van der Waals surface area contributed by atoms with E-state index in [9.17, 15) is 4.79 Å². The van der Waals surface area contributed by atoms with Crippen LogP contribution in [0.2, 0.25) is 0 Å². The van der Waals surface area contributed by atoms with E-state index in [1.165, 1.54) is 4.57 Å². The minimum absolute atomic E-state index is 0.0963. The molecule has 0 unspecified atom stereocenters. The second-order valence-electron chi connectivity index (χ2n) is 2.46. The fraction of sp³-hybridized carbons (Fsp3) is 0.250. The van der Waals surface area contributed by atoms with E-state index in [-0.39, 0.29) is 12.1 Å². The molecule has 0 aliphatic rings. The third kappa shape index (κ3) is 1.74. The molecule has 0 aliphatic heterocycles. The van der Waals surface area contributed by atoms with Crippen LogP contribution in [-0.4, -0.2) is 4.57 Å². The average molecular weight is 227 g/mol. The zero-order valence-corrected chi connectivity index (χ0v) is 8.13. The van der Waals surface area contributed by atoms with Crippen LogP contribution in [0.1, 0.15) is 5.56 Å². The van der Waals surface area contributed by atoms with Gasteiger partial charge in [0.25, 0.3) is 5.56 Å². The number of aryl methyl sites for hydroxylation is 1. The lowest BCUT2D eigenvalue weighted by atomic mass is 10.3. The van der Waals surface area contributed by atoms with Gasteiger partial charge in [0.05, 0.1) is 10.5 Å². The molecule has 0 saturated heterocycles. The summed E-state index contributed by atoms with van der Waals surface area (Å²) in [5, 5.41) is 8.40. The predicted octanol–water partition coefficient (Wildman–Crippen LogP) is 1.44. The molecule has 0 N–H and O–H groups in total. The summed E-state index contributed by atoms with van der Waals surface area (Å²) in [6.45, 7) is 1.97. The van der Waals surface area contributed by atoms with Gasteiger partial charge in [-0.3, -0.25) is 4.79 Å². The van der Waals surface area contributed by atoms with Gasteiger partial charge in [0, 0.05) is 6.20 Å². The van der Waals surface area contributed by atoms with E-state index >= 15 is 0 Å². The van der Waals surface area contributed by atoms with Gasteiger partial charge >= 0.3 is 0 Å². The molecule has 0 radical (unpaired) electrons. The smallest absolute Gasteiger partial charge is 0.265 e. The lowest BCUT2D eigenvalue weighted by molar-refractivity contribution is 0.777. The predicted molar refractivity (Wildman–Crippen MR) is 48.8 cm³/mol. The number of hydrogen-bond acceptors (Lipinski definition) is 2. The van der Waals surface area contributed by atoms with Crippen molar-refractivity contribution in [1.29, 1.82) is 5.26 Å². The van der Waals surface area contributed by atoms with Crippen molar-refractivity contribution in [3.05, 3.63) is 32.7 Å². The van der Waals surface area contributed by atoms with Crippen LogP contribution in [0.4, 0.5) is 0 Å². The molecule has 0 saturated carbocycles. The minimum atomic E-state index is -0.165. The third-order valence-electron chi connectivity index (χ3n) is 1.42. The number of hydrogen-bond donors (Lipinski definition) is 0. The zero-order chi connectivity index (χ0) is 9.14. The van der Waals surface area contributed by atoms with Crippen LogP contribution in [0, 0.1) is 18.3 Å². The number of nitriles is 1. The molecule has 0 spiro atoms. The first-order valence-electron chi connectivity index (χ1n) is 3.38. The fourth-order valence-corrected chi connectivity index (χ4v) is 1.52. The molecule has 0 aliphatic carbocycles. The van der Waals surface area contributed by atoms with Gasteiger partial charge in [0.1, 0.15) is 6.54 Å². The highest BCUT2D eigenvalue weighted by Crippen LogP contribution is 2.05. The molecule has 1 rings (SSSR count). The Hall–Kier alpha value is -1.08. The quantitative estimate of drug-likeness (QED) is 0.728. The molecule has 0 aromatic carbocycles. The number of nitrogens with zero attached hydrogens (tertiary/aromatic N) is 2. The molecule has 0 bridgehead atoms. The van der Waals surface area contributed by atoms with Crippen LogP contribution >= 0.6 is 15.9 Å². The first kappa shape index (κ1) is 9.01. The second-order valence-corrected chi connectivity index (χ2v) is 3.31. The molecule has 0 fully saturated rings. The van der Waals surface area contributed by atoms with Crippen LogP contribution in [0.3, 0.4) is 0 Å². The molecule has 1 aromatic heterocycles. The Kier molecular flexibility index (Phi) is 2.66. The lowest BCUT2D eigenvalue weighted by Gasteiger charge is -2.01. The number of pyridine rings is 1. The van der Waals surface area contributed by atoms with Crippen LogP contribution in [0.15, 0.2) is 21.5 Å². The Labute approximate surface area is 78.4 Å². The van der Waals surface area contributed by atoms with Crippen LogP contribution in [0.5, 0.6) is 0 Å². The SMILES string of the molecule is Cc1cc(Br)c(=O)n(CC#N)c1. The van der Waals surface area contributed by atoms with Crippen molar-refractivity contribution in [2.45, 2.75) is 13.5 Å². The number of halogens is 1. The van der Waals surface area contributed by atoms with Crippen LogP contribution < -0.4 is 5.56 Å². The first-order chi connectivity index (χ1) is 5.65. The van der Waals surface area contributed by atoms with Gasteiger partial charge in [-0.1, -0.05) is 0 Å². The highest BCUT2D eigenvalue weighted by molar-refractivity contribution is 9.10. The van der Waals surface area contributed by atoms with Crippen molar-refractivity contribution in [1.82, 2.24) is 4.57 Å². The standard InChI is InChI=1S/C8H7BrN2O/c1-6-4-7(9)8(12)11(5-6)3-2-10/h4-5H,3H2,1H3. The van der Waals surface area contributed by atoms with E-state index in [1.807, 2.05) is 13.0 Å². The highest BCUT2D eigenvalue weighted by atomic mass is 79.9. The normalized spacial score (nSPS) is 9.42. The summed E-state index contributed by atoms with van der Waals surface area (Å²) in [5.41, 5.74) is 0.791. The Morgan fingerprint density at radius 1 is 1.75 bits per heavy atom. The minimum Gasteiger partial charge on any atom is -0.300 e. The first-order valence-corrected chi connectivity index (χ1v) is 4.18. The van der Waals surface area contributed by atoms with Crippen molar-refractivity contribution >= 4 is 15.9 Å². The highest BCUT2D eigenvalue weighted by Gasteiger charge is 2.00. The summed E-state index contributed by atoms with van der Waals surface area (Å²) in [5.74, 6) is 0. The lowest BCUT2D eigenvalue weighted by Crippen LogP contribution is -2.19. The molecule has 62 valence electrons. The maximum Gasteiger partial charge on any atom is 0.265 e. The molecule has 4 heteroatoms. The van der Waals surface area contributed by atoms with Gasteiger partial charge in [-0.05, 0) is 34.5 Å². The van der Waals surface area contributed by atoms with E-state index in [1.54, 1.807) is 12.3 Å². The van der Waals surface area contributed by atoms with Crippen molar-refractivity contribution < 1.29 is 0 Å². The summed E-state index contributed by atoms with van der Waals surface area (Å²) in [6.07, 6.45) is 1.66. The van der Waals surface area contributed by atoms with E-state index < -0.39 is 0 Å². The molecule has 0 atom stereocenters. The third-order valence-corrected chi connectivity index (χ3v) is 1.99. The van der Waals surface area contributed by atoms with Gasteiger partial charge in [-0.15, -0.1) is 0 Å². The van der Waals surface area contributed by atoms with Crippen LogP contribution in [0.25, 0.3) is 0 Å². The molecular formula is C8H7BrN2O. The number of rotatable bonds is 1. The molecule has 12 heavy (non-hydrogen) atoms. The van der Waals surface area contributed by atoms with Crippen LogP contribution in [-0.2, 0) is 6.54 Å². The van der Waals surface area contributed by atoms with Crippen molar-refractivity contribution in [3.63, 3.8) is 0 Å². The molecule has 3 nitrogen and oxygen atoms in total. The Bertz CT molecular complexity index is 389. The fourth-order valence-electron chi connectivity index (χ4n) is 0.934. The summed E-state index contributed by atoms with van der Waals surface area (Å²) in [6, 6.07) is 3.65. The Balaban J connectivity index is 3.30. The topological polar surface area (TPSA) is 45.8 Å². The van der Waals surface area contributed by atoms with Gasteiger partial charge in [-0.2, -0.15) is 5.26 Å². The number of aromatic nitrogens is 1.